The van der Waals surface area contributed by atoms with Crippen LogP contribution in [-0.4, -0.2) is 0 Å². The van der Waals surface area contributed by atoms with E-state index < -0.39 is 0 Å². The molecule has 92 valence electrons. The van der Waals surface area contributed by atoms with E-state index in [1.165, 1.54) is 6.08 Å². The van der Waals surface area contributed by atoms with E-state index in [-0.39, 0.29) is 0 Å². The van der Waals surface area contributed by atoms with Crippen molar-refractivity contribution in [2.75, 3.05) is 0 Å². The maximum Gasteiger partial charge on any atom is 0.201 e. The molecular weight excluding hydrogens is 192 g/mol. The van der Waals surface area contributed by atoms with Gasteiger partial charge in [0.05, 0.1) is 6.08 Å². The molecule has 0 fully saturated rings. The molecule has 0 unspecified atom stereocenters. The van der Waals surface area contributed by atoms with Crippen LogP contribution in [0.2, 0.25) is 0 Å². The van der Waals surface area contributed by atoms with Crippen LogP contribution in [-0.2, 0) is 0 Å². The van der Waals surface area contributed by atoms with Gasteiger partial charge >= 0.3 is 0 Å². The fourth-order valence-electron chi connectivity index (χ4n) is 0.236. The van der Waals surface area contributed by atoms with Crippen LogP contribution in [0, 0.1) is 13.5 Å². The Kier molecular flexibility index (Phi) is 74.0. The average Bonchev–Trinajstić information content (AvgIpc) is 2.32. The first-order valence-corrected chi connectivity index (χ1v) is 5.81. The van der Waals surface area contributed by atoms with E-state index in [1.54, 1.807) is 6.08 Å². The summed E-state index contributed by atoms with van der Waals surface area (Å²) in [6.45, 7) is 23.1. The molecule has 0 rings (SSSR count). The lowest BCUT2D eigenvalue weighted by molar-refractivity contribution is 1.22. The Morgan fingerprint density at radius 3 is 1.38 bits per heavy atom. The zero-order chi connectivity index (χ0) is 13.7. The molecule has 0 radical (unpaired) electrons. The minimum atomic E-state index is 0.972. The second-order valence-corrected chi connectivity index (χ2v) is 2.61. The van der Waals surface area contributed by atoms with Crippen LogP contribution in [0.1, 0.15) is 47.0 Å². The molecule has 0 bridgehead atoms. The molecule has 0 aliphatic rings. The molecule has 0 aromatic rings. The smallest absolute Gasteiger partial charge is 0.103 e. The van der Waals surface area contributed by atoms with Gasteiger partial charge in [0, 0.05) is 19.9 Å². The third-order valence-electron chi connectivity index (χ3n) is 0.996. The number of hydrogen-bond acceptors (Lipinski definition) is 0. The van der Waals surface area contributed by atoms with Gasteiger partial charge in [-0.25, -0.2) is 0 Å². The Labute approximate surface area is 104 Å². The molecule has 0 aliphatic heterocycles. The molecule has 0 aromatic heterocycles. The fourth-order valence-corrected chi connectivity index (χ4v) is 0.236. The highest BCUT2D eigenvalue weighted by Crippen LogP contribution is 1.73. The van der Waals surface area contributed by atoms with E-state index in [1.807, 2.05) is 19.9 Å². The van der Waals surface area contributed by atoms with Crippen molar-refractivity contribution in [3.63, 3.8) is 0 Å². The van der Waals surface area contributed by atoms with Crippen molar-refractivity contribution in [3.05, 3.63) is 57.0 Å². The number of allylic oxidation sites excluding steroid dienone is 5. The SMILES string of the molecule is C/C=C/CC.C=CCC.C=C[CH2+].[CH+]=CCC. The second-order valence-electron chi connectivity index (χ2n) is 2.61. The topological polar surface area (TPSA) is 0 Å². The molecule has 0 heterocycles. The molecule has 0 spiro atoms. The Morgan fingerprint density at radius 1 is 1.06 bits per heavy atom. The van der Waals surface area contributed by atoms with Gasteiger partial charge in [0.1, 0.15) is 0 Å². The summed E-state index contributed by atoms with van der Waals surface area (Å²) in [4.78, 5) is 0. The summed E-state index contributed by atoms with van der Waals surface area (Å²) >= 11 is 0. The highest BCUT2D eigenvalue weighted by Gasteiger charge is 1.57. The van der Waals surface area contributed by atoms with Crippen molar-refractivity contribution in [2.24, 2.45) is 0 Å². The Balaban J connectivity index is -0.0000000610. The highest BCUT2D eigenvalue weighted by atomic mass is 13.6. The van der Waals surface area contributed by atoms with Crippen LogP contribution in [0.5, 0.6) is 0 Å². The van der Waals surface area contributed by atoms with E-state index in [0.29, 0.717) is 0 Å². The van der Waals surface area contributed by atoms with Gasteiger partial charge in [0.2, 0.25) is 6.58 Å². The minimum Gasteiger partial charge on any atom is -0.103 e. The first-order chi connectivity index (χ1) is 7.66. The van der Waals surface area contributed by atoms with Crippen LogP contribution in [0.25, 0.3) is 0 Å². The van der Waals surface area contributed by atoms with Crippen LogP contribution < -0.4 is 0 Å². The van der Waals surface area contributed by atoms with Gasteiger partial charge in [-0.3, -0.25) is 0 Å². The van der Waals surface area contributed by atoms with Crippen molar-refractivity contribution in [2.45, 2.75) is 47.0 Å². The average molecular weight is 222 g/mol. The van der Waals surface area contributed by atoms with Gasteiger partial charge in [-0.05, 0) is 19.8 Å². The van der Waals surface area contributed by atoms with E-state index in [0.717, 1.165) is 19.3 Å². The predicted molar refractivity (Wildman–Crippen MR) is 80.3 cm³/mol. The van der Waals surface area contributed by atoms with Crippen LogP contribution in [0.4, 0.5) is 0 Å². The molecule has 0 N–H and O–H groups in total. The van der Waals surface area contributed by atoms with Gasteiger partial charge in [0.25, 0.3) is 0 Å². The highest BCUT2D eigenvalue weighted by molar-refractivity contribution is 4.73. The molecule has 0 aromatic carbocycles. The summed E-state index contributed by atoms with van der Waals surface area (Å²) in [5, 5.41) is 0. The third kappa shape index (κ3) is 234. The van der Waals surface area contributed by atoms with Crippen molar-refractivity contribution in [3.8, 4) is 0 Å². The first kappa shape index (κ1) is 24.1. The number of rotatable bonds is 3. The van der Waals surface area contributed by atoms with Crippen LogP contribution in [0.15, 0.2) is 43.5 Å². The van der Waals surface area contributed by atoms with E-state index in [9.17, 15) is 0 Å². The van der Waals surface area contributed by atoms with Crippen molar-refractivity contribution in [1.82, 2.24) is 0 Å². The molecule has 0 saturated carbocycles. The molecule has 16 heavy (non-hydrogen) atoms. The Morgan fingerprint density at radius 2 is 1.38 bits per heavy atom. The maximum atomic E-state index is 4.90. The lowest BCUT2D eigenvalue weighted by Gasteiger charge is -1.65. The molecule has 0 heteroatoms. The third-order valence-corrected chi connectivity index (χ3v) is 0.996. The molecular formula is C16H30+2. The zero-order valence-electron chi connectivity index (χ0n) is 11.7. The van der Waals surface area contributed by atoms with Gasteiger partial charge in [0.15, 0.2) is 6.08 Å². The lowest BCUT2D eigenvalue weighted by atomic mass is 10.4. The Hall–Kier alpha value is -1.26. The Bertz CT molecular complexity index is 121. The van der Waals surface area contributed by atoms with E-state index in [4.69, 9.17) is 6.58 Å². The normalized spacial score (nSPS) is 6.94. The number of hydrogen-bond donors (Lipinski definition) is 0. The molecule has 0 atom stereocenters. The fraction of sp³-hybridized carbons (Fsp3) is 0.438. The van der Waals surface area contributed by atoms with Gasteiger partial charge < -0.3 is 0 Å². The van der Waals surface area contributed by atoms with Crippen molar-refractivity contribution >= 4 is 0 Å². The molecule has 0 nitrogen and oxygen atoms in total. The summed E-state index contributed by atoms with van der Waals surface area (Å²) < 4.78 is 0. The first-order valence-electron chi connectivity index (χ1n) is 5.81. The lowest BCUT2D eigenvalue weighted by Crippen LogP contribution is -1.43. The van der Waals surface area contributed by atoms with Crippen LogP contribution in [0.3, 0.4) is 0 Å². The van der Waals surface area contributed by atoms with Gasteiger partial charge in [-0.1, -0.05) is 39.0 Å². The standard InChI is InChI=1S/C5H10.C4H8.C4H7.C3H5/c1-3-5-4-2;2*1-3-4-2;1-3-2/h3,5H,4H2,1-2H3;3H,1,4H2,2H3;1,3H,4H2,2H3;3H,1-2H2/q;;2*+1/b5-3+;;;. The summed E-state index contributed by atoms with van der Waals surface area (Å²) in [5.41, 5.74) is 0. The second kappa shape index (κ2) is 49.1. The summed E-state index contributed by atoms with van der Waals surface area (Å²) in [5.74, 6) is 0. The maximum absolute atomic E-state index is 4.90. The largest absolute Gasteiger partial charge is 0.201 e. The summed E-state index contributed by atoms with van der Waals surface area (Å²) in [7, 11) is 0. The van der Waals surface area contributed by atoms with Gasteiger partial charge in [-0.15, -0.1) is 6.58 Å². The van der Waals surface area contributed by atoms with E-state index in [2.05, 4.69) is 46.1 Å². The van der Waals surface area contributed by atoms with Crippen molar-refractivity contribution in [1.29, 1.82) is 0 Å². The summed E-state index contributed by atoms with van der Waals surface area (Å²) in [6, 6.07) is 0. The monoisotopic (exact) mass is 222 g/mol. The molecule has 0 amide bonds. The van der Waals surface area contributed by atoms with E-state index >= 15 is 0 Å². The zero-order valence-corrected chi connectivity index (χ0v) is 11.7. The van der Waals surface area contributed by atoms with Crippen LogP contribution >= 0.6 is 0 Å². The molecule has 0 aliphatic carbocycles. The van der Waals surface area contributed by atoms with Gasteiger partial charge in [-0.2, -0.15) is 0 Å². The summed E-state index contributed by atoms with van der Waals surface area (Å²) in [6.07, 6.45) is 12.4. The van der Waals surface area contributed by atoms with Crippen molar-refractivity contribution < 1.29 is 0 Å². The predicted octanol–water partition coefficient (Wildman–Crippen LogP) is 5.95. The molecule has 0 saturated heterocycles. The quantitative estimate of drug-likeness (QED) is 0.409. The minimum absolute atomic E-state index is 0.972.